The fourth-order valence-electron chi connectivity index (χ4n) is 3.99. The quantitative estimate of drug-likeness (QED) is 0.428. The van der Waals surface area contributed by atoms with Crippen molar-refractivity contribution in [3.05, 3.63) is 95.7 Å². The van der Waals surface area contributed by atoms with Crippen molar-refractivity contribution in [3.8, 4) is 5.75 Å². The Kier molecular flexibility index (Phi) is 6.59. The minimum Gasteiger partial charge on any atom is -0.494 e. The first-order valence-electron chi connectivity index (χ1n) is 11.3. The number of nitrogens with zero attached hydrogens (tertiary/aromatic N) is 2. The van der Waals surface area contributed by atoms with Crippen LogP contribution in [0.15, 0.2) is 84.6 Å². The number of carbonyl (C=O) groups is 2. The molecule has 0 N–H and O–H groups in total. The molecule has 1 heterocycles. The molecule has 1 aliphatic heterocycles. The average Bonchev–Trinajstić information content (AvgIpc) is 3.09. The summed E-state index contributed by atoms with van der Waals surface area (Å²) in [6, 6.07) is 24.6. The van der Waals surface area contributed by atoms with E-state index in [1.54, 1.807) is 18.2 Å². The minimum atomic E-state index is -0.339. The first-order valence-corrected chi connectivity index (χ1v) is 11.3. The lowest BCUT2D eigenvalue weighted by molar-refractivity contribution is -0.120. The Bertz CT molecular complexity index is 1180. The Hall–Kier alpha value is -3.86. The maximum atomic E-state index is 13.8. The van der Waals surface area contributed by atoms with E-state index in [9.17, 15) is 9.59 Å². The number of hydrogen-bond donors (Lipinski definition) is 0. The molecule has 5 nitrogen and oxygen atoms in total. The van der Waals surface area contributed by atoms with Crippen LogP contribution in [-0.4, -0.2) is 25.0 Å². The normalized spacial score (nSPS) is 13.6. The van der Waals surface area contributed by atoms with E-state index in [0.29, 0.717) is 35.9 Å². The summed E-state index contributed by atoms with van der Waals surface area (Å²) in [5, 5.41) is 0. The zero-order chi connectivity index (χ0) is 23.4. The number of amides is 2. The van der Waals surface area contributed by atoms with Gasteiger partial charge in [-0.25, -0.2) is 4.90 Å². The summed E-state index contributed by atoms with van der Waals surface area (Å²) in [5.41, 5.74) is 3.97. The summed E-state index contributed by atoms with van der Waals surface area (Å²) in [7, 11) is 0. The molecular weight excluding hydrogens is 412 g/mol. The number of hydrogen-bond acceptors (Lipinski definition) is 4. The molecular formula is C28H28N2O3. The van der Waals surface area contributed by atoms with Crippen molar-refractivity contribution in [3.63, 3.8) is 0 Å². The van der Waals surface area contributed by atoms with Crippen LogP contribution in [0.1, 0.15) is 31.4 Å². The third-order valence-electron chi connectivity index (χ3n) is 5.60. The molecule has 0 unspecified atom stereocenters. The Labute approximate surface area is 194 Å². The van der Waals surface area contributed by atoms with Crippen molar-refractivity contribution in [2.75, 3.05) is 23.0 Å². The van der Waals surface area contributed by atoms with Crippen LogP contribution in [0.3, 0.4) is 0 Å². The van der Waals surface area contributed by atoms with Crippen LogP contribution in [0.25, 0.3) is 5.57 Å². The Balaban J connectivity index is 1.84. The van der Waals surface area contributed by atoms with Crippen molar-refractivity contribution >= 4 is 28.8 Å². The molecule has 1 aliphatic rings. The van der Waals surface area contributed by atoms with Gasteiger partial charge >= 0.3 is 0 Å². The van der Waals surface area contributed by atoms with Crippen LogP contribution in [0, 0.1) is 6.92 Å². The number of imide groups is 1. The third kappa shape index (κ3) is 4.40. The van der Waals surface area contributed by atoms with E-state index in [1.165, 1.54) is 4.90 Å². The first kappa shape index (κ1) is 22.3. The Morgan fingerprint density at radius 1 is 0.848 bits per heavy atom. The molecule has 0 fully saturated rings. The number of benzene rings is 3. The lowest BCUT2D eigenvalue weighted by Gasteiger charge is -2.25. The average molecular weight is 441 g/mol. The maximum Gasteiger partial charge on any atom is 0.282 e. The maximum absolute atomic E-state index is 13.8. The highest BCUT2D eigenvalue weighted by atomic mass is 16.5. The number of para-hydroxylation sites is 1. The molecule has 3 aromatic rings. The summed E-state index contributed by atoms with van der Waals surface area (Å²) < 4.78 is 5.74. The summed E-state index contributed by atoms with van der Waals surface area (Å²) in [5.74, 6) is -0.0366. The highest BCUT2D eigenvalue weighted by Gasteiger charge is 2.42. The molecule has 0 saturated heterocycles. The fourth-order valence-corrected chi connectivity index (χ4v) is 3.99. The van der Waals surface area contributed by atoms with Gasteiger partial charge in [0.05, 0.1) is 17.9 Å². The van der Waals surface area contributed by atoms with E-state index in [1.807, 2.05) is 86.3 Å². The van der Waals surface area contributed by atoms with E-state index in [4.69, 9.17) is 4.74 Å². The van der Waals surface area contributed by atoms with Crippen molar-refractivity contribution in [2.24, 2.45) is 0 Å². The second-order valence-corrected chi connectivity index (χ2v) is 7.96. The van der Waals surface area contributed by atoms with Gasteiger partial charge in [0.15, 0.2) is 0 Å². The lowest BCUT2D eigenvalue weighted by atomic mass is 10.0. The van der Waals surface area contributed by atoms with E-state index >= 15 is 0 Å². The SMILES string of the molecule is CCCOc1cccc(N2C(=O)C(c3ccc(C)cc3)=C(N(CC)c3ccccc3)C2=O)c1. The van der Waals surface area contributed by atoms with Gasteiger partial charge in [0.25, 0.3) is 11.8 Å². The lowest BCUT2D eigenvalue weighted by Crippen LogP contribution is -2.35. The number of rotatable bonds is 8. The van der Waals surface area contributed by atoms with E-state index in [2.05, 4.69) is 0 Å². The summed E-state index contributed by atoms with van der Waals surface area (Å²) in [6.45, 7) is 7.12. The minimum absolute atomic E-state index is 0.333. The van der Waals surface area contributed by atoms with Gasteiger partial charge in [-0.15, -0.1) is 0 Å². The van der Waals surface area contributed by atoms with Crippen LogP contribution in [0.5, 0.6) is 5.75 Å². The van der Waals surface area contributed by atoms with Crippen LogP contribution in [-0.2, 0) is 9.59 Å². The summed E-state index contributed by atoms with van der Waals surface area (Å²) in [6.07, 6.45) is 0.873. The largest absolute Gasteiger partial charge is 0.494 e. The summed E-state index contributed by atoms with van der Waals surface area (Å²) >= 11 is 0. The molecule has 2 amide bonds. The van der Waals surface area contributed by atoms with E-state index in [0.717, 1.165) is 23.2 Å². The zero-order valence-electron chi connectivity index (χ0n) is 19.2. The molecule has 5 heteroatoms. The molecule has 0 saturated carbocycles. The predicted octanol–water partition coefficient (Wildman–Crippen LogP) is 5.59. The number of aryl methyl sites for hydroxylation is 1. The van der Waals surface area contributed by atoms with Crippen LogP contribution in [0.4, 0.5) is 11.4 Å². The molecule has 0 spiro atoms. The monoisotopic (exact) mass is 440 g/mol. The number of ether oxygens (including phenoxy) is 1. The topological polar surface area (TPSA) is 49.9 Å². The number of carbonyl (C=O) groups excluding carboxylic acids is 2. The molecule has 0 bridgehead atoms. The number of anilines is 2. The van der Waals surface area contributed by atoms with Gasteiger partial charge in [0.1, 0.15) is 11.4 Å². The van der Waals surface area contributed by atoms with Crippen molar-refractivity contribution < 1.29 is 14.3 Å². The molecule has 0 aliphatic carbocycles. The number of likely N-dealkylation sites (N-methyl/N-ethyl adjacent to an activating group) is 1. The first-order chi connectivity index (χ1) is 16.0. The highest BCUT2D eigenvalue weighted by molar-refractivity contribution is 6.46. The van der Waals surface area contributed by atoms with Crippen molar-refractivity contribution in [1.82, 2.24) is 0 Å². The van der Waals surface area contributed by atoms with Gasteiger partial charge in [-0.1, -0.05) is 61.0 Å². The van der Waals surface area contributed by atoms with Gasteiger partial charge < -0.3 is 9.64 Å². The second-order valence-electron chi connectivity index (χ2n) is 7.96. The van der Waals surface area contributed by atoms with Gasteiger partial charge in [-0.05, 0) is 50.1 Å². The van der Waals surface area contributed by atoms with Crippen molar-refractivity contribution in [1.29, 1.82) is 0 Å². The van der Waals surface area contributed by atoms with Crippen LogP contribution >= 0.6 is 0 Å². The molecule has 0 aromatic heterocycles. The Morgan fingerprint density at radius 3 is 2.24 bits per heavy atom. The molecule has 4 rings (SSSR count). The summed E-state index contributed by atoms with van der Waals surface area (Å²) in [4.78, 5) is 30.8. The van der Waals surface area contributed by atoms with Crippen LogP contribution in [0.2, 0.25) is 0 Å². The molecule has 0 radical (unpaired) electrons. The zero-order valence-corrected chi connectivity index (χ0v) is 19.2. The van der Waals surface area contributed by atoms with Gasteiger partial charge in [0.2, 0.25) is 0 Å². The third-order valence-corrected chi connectivity index (χ3v) is 5.60. The fraction of sp³-hybridized carbons (Fsp3) is 0.214. The smallest absolute Gasteiger partial charge is 0.282 e. The molecule has 33 heavy (non-hydrogen) atoms. The second kappa shape index (κ2) is 9.74. The molecule has 3 aromatic carbocycles. The van der Waals surface area contributed by atoms with Gasteiger partial charge in [-0.2, -0.15) is 0 Å². The standard InChI is InChI=1S/C28H28N2O3/c1-4-18-33-24-13-9-12-23(19-24)30-27(31)25(21-16-14-20(3)15-17-21)26(28(30)32)29(5-2)22-10-7-6-8-11-22/h6-17,19H,4-5,18H2,1-3H3. The Morgan fingerprint density at radius 2 is 1.58 bits per heavy atom. The van der Waals surface area contributed by atoms with Gasteiger partial charge in [-0.3, -0.25) is 9.59 Å². The molecule has 0 atom stereocenters. The highest BCUT2D eigenvalue weighted by Crippen LogP contribution is 2.37. The van der Waals surface area contributed by atoms with Crippen LogP contribution < -0.4 is 14.5 Å². The van der Waals surface area contributed by atoms with E-state index < -0.39 is 0 Å². The predicted molar refractivity (Wildman–Crippen MR) is 132 cm³/mol. The van der Waals surface area contributed by atoms with Crippen molar-refractivity contribution in [2.45, 2.75) is 27.2 Å². The van der Waals surface area contributed by atoms with E-state index in [-0.39, 0.29) is 11.8 Å². The molecule has 168 valence electrons. The van der Waals surface area contributed by atoms with Gasteiger partial charge in [0, 0.05) is 18.3 Å².